The summed E-state index contributed by atoms with van der Waals surface area (Å²) in [6.45, 7) is 3.76. The van der Waals surface area contributed by atoms with Gasteiger partial charge in [0, 0.05) is 25.1 Å². The molecule has 1 aliphatic heterocycles. The summed E-state index contributed by atoms with van der Waals surface area (Å²) in [5.41, 5.74) is 5.99. The Bertz CT molecular complexity index is 601. The molecular formula is C12H15FN2O3S. The normalized spacial score (nSPS) is 17.9. The van der Waals surface area contributed by atoms with Crippen LogP contribution in [0.5, 0.6) is 5.75 Å². The number of benzene rings is 1. The molecule has 104 valence electrons. The van der Waals surface area contributed by atoms with E-state index < -0.39 is 15.8 Å². The van der Waals surface area contributed by atoms with E-state index in [0.717, 1.165) is 6.07 Å². The van der Waals surface area contributed by atoms with Gasteiger partial charge in [-0.25, -0.2) is 17.5 Å². The summed E-state index contributed by atoms with van der Waals surface area (Å²) in [5, 5.41) is 0. The number of nitrogens with two attached hydrogens (primary N) is 1. The van der Waals surface area contributed by atoms with Crippen LogP contribution in [0.1, 0.15) is 5.56 Å². The monoisotopic (exact) mass is 286 g/mol. The first kappa shape index (κ1) is 14.0. The molecule has 0 spiro atoms. The van der Waals surface area contributed by atoms with Crippen LogP contribution in [-0.4, -0.2) is 27.6 Å². The van der Waals surface area contributed by atoms with Crippen LogP contribution in [0.3, 0.4) is 0 Å². The van der Waals surface area contributed by atoms with Gasteiger partial charge in [0.1, 0.15) is 6.10 Å². The highest BCUT2D eigenvalue weighted by atomic mass is 32.2. The molecule has 19 heavy (non-hydrogen) atoms. The van der Waals surface area contributed by atoms with Crippen molar-refractivity contribution >= 4 is 10.0 Å². The molecule has 1 atom stereocenters. The van der Waals surface area contributed by atoms with Gasteiger partial charge >= 0.3 is 0 Å². The number of fused-ring (bicyclic) bond motifs is 1. The second kappa shape index (κ2) is 5.28. The lowest BCUT2D eigenvalue weighted by Gasteiger charge is -2.08. The molecule has 0 saturated carbocycles. The van der Waals surface area contributed by atoms with Crippen molar-refractivity contribution in [3.05, 3.63) is 36.2 Å². The zero-order chi connectivity index (χ0) is 14.0. The third kappa shape index (κ3) is 2.78. The Balaban J connectivity index is 2.36. The van der Waals surface area contributed by atoms with E-state index in [9.17, 15) is 12.8 Å². The molecule has 0 bridgehead atoms. The number of rotatable bonds is 5. The average Bonchev–Trinajstić information content (AvgIpc) is 2.80. The van der Waals surface area contributed by atoms with Gasteiger partial charge in [0.05, 0.1) is 4.90 Å². The van der Waals surface area contributed by atoms with Crippen LogP contribution >= 0.6 is 0 Å². The zero-order valence-corrected chi connectivity index (χ0v) is 11.0. The first-order valence-electron chi connectivity index (χ1n) is 5.77. The maximum atomic E-state index is 13.8. The van der Waals surface area contributed by atoms with Gasteiger partial charge in [0.2, 0.25) is 10.0 Å². The van der Waals surface area contributed by atoms with Gasteiger partial charge in [-0.1, -0.05) is 6.08 Å². The number of halogens is 1. The summed E-state index contributed by atoms with van der Waals surface area (Å²) >= 11 is 0. The van der Waals surface area contributed by atoms with E-state index in [4.69, 9.17) is 10.5 Å². The van der Waals surface area contributed by atoms with Crippen molar-refractivity contribution in [3.8, 4) is 5.75 Å². The minimum absolute atomic E-state index is 0.0863. The molecular weight excluding hydrogens is 271 g/mol. The van der Waals surface area contributed by atoms with Crippen molar-refractivity contribution in [1.29, 1.82) is 0 Å². The number of sulfonamides is 1. The van der Waals surface area contributed by atoms with Crippen LogP contribution in [-0.2, 0) is 16.4 Å². The quantitative estimate of drug-likeness (QED) is 0.775. The fourth-order valence-electron chi connectivity index (χ4n) is 1.90. The average molecular weight is 286 g/mol. The van der Waals surface area contributed by atoms with E-state index in [-0.39, 0.29) is 29.8 Å². The minimum Gasteiger partial charge on any atom is -0.485 e. The predicted molar refractivity (Wildman–Crippen MR) is 69.0 cm³/mol. The smallest absolute Gasteiger partial charge is 0.240 e. The van der Waals surface area contributed by atoms with E-state index in [2.05, 4.69) is 11.3 Å². The van der Waals surface area contributed by atoms with Crippen molar-refractivity contribution in [1.82, 2.24) is 4.72 Å². The van der Waals surface area contributed by atoms with Crippen LogP contribution in [0.4, 0.5) is 4.39 Å². The third-order valence-corrected chi connectivity index (χ3v) is 4.22. The molecule has 0 amide bonds. The summed E-state index contributed by atoms with van der Waals surface area (Å²) < 4.78 is 45.2. The zero-order valence-electron chi connectivity index (χ0n) is 10.2. The lowest BCUT2D eigenvalue weighted by Crippen LogP contribution is -2.24. The summed E-state index contributed by atoms with van der Waals surface area (Å²) in [4.78, 5) is -0.119. The molecule has 0 aliphatic carbocycles. The van der Waals surface area contributed by atoms with Gasteiger partial charge in [0.15, 0.2) is 11.6 Å². The number of hydrogen-bond donors (Lipinski definition) is 2. The molecule has 7 heteroatoms. The highest BCUT2D eigenvalue weighted by Crippen LogP contribution is 2.33. The van der Waals surface area contributed by atoms with Crippen LogP contribution in [0, 0.1) is 5.82 Å². The Labute approximate surface area is 111 Å². The molecule has 3 N–H and O–H groups in total. The van der Waals surface area contributed by atoms with E-state index >= 15 is 0 Å². The maximum Gasteiger partial charge on any atom is 0.240 e. The minimum atomic E-state index is -3.74. The summed E-state index contributed by atoms with van der Waals surface area (Å²) in [6, 6.07) is 2.36. The van der Waals surface area contributed by atoms with Crippen molar-refractivity contribution in [2.75, 3.05) is 13.1 Å². The Morgan fingerprint density at radius 3 is 2.95 bits per heavy atom. The number of ether oxygens (including phenoxy) is 1. The van der Waals surface area contributed by atoms with E-state index in [0.29, 0.717) is 12.0 Å². The molecule has 0 radical (unpaired) electrons. The molecule has 1 aliphatic rings. The Morgan fingerprint density at radius 1 is 1.58 bits per heavy atom. The topological polar surface area (TPSA) is 81.4 Å². The first-order valence-corrected chi connectivity index (χ1v) is 7.26. The fourth-order valence-corrected chi connectivity index (χ4v) is 2.96. The maximum absolute atomic E-state index is 13.8. The lowest BCUT2D eigenvalue weighted by molar-refractivity contribution is 0.232. The highest BCUT2D eigenvalue weighted by Gasteiger charge is 2.28. The SMILES string of the molecule is C=CCNS(=O)(=O)c1cc(F)c2c(c1)CC(CN)O2. The molecule has 1 aromatic rings. The van der Waals surface area contributed by atoms with Crippen molar-refractivity contribution < 1.29 is 17.5 Å². The Kier molecular flexibility index (Phi) is 3.88. The van der Waals surface area contributed by atoms with Crippen LogP contribution in [0.2, 0.25) is 0 Å². The largest absolute Gasteiger partial charge is 0.485 e. The molecule has 0 fully saturated rings. The predicted octanol–water partition coefficient (Wildman–Crippen LogP) is 0.552. The third-order valence-electron chi connectivity index (χ3n) is 2.82. The lowest BCUT2D eigenvalue weighted by atomic mass is 10.1. The number of nitrogens with one attached hydrogen (secondary N) is 1. The molecule has 0 saturated heterocycles. The molecule has 0 aromatic heterocycles. The van der Waals surface area contributed by atoms with E-state index in [1.54, 1.807) is 0 Å². The van der Waals surface area contributed by atoms with Gasteiger partial charge in [-0.3, -0.25) is 0 Å². The van der Waals surface area contributed by atoms with Gasteiger partial charge in [0.25, 0.3) is 0 Å². The van der Waals surface area contributed by atoms with Gasteiger partial charge < -0.3 is 10.5 Å². The second-order valence-corrected chi connectivity index (χ2v) is 5.98. The van der Waals surface area contributed by atoms with Crippen LogP contribution in [0.25, 0.3) is 0 Å². The number of hydrogen-bond acceptors (Lipinski definition) is 4. The highest BCUT2D eigenvalue weighted by molar-refractivity contribution is 7.89. The van der Waals surface area contributed by atoms with Gasteiger partial charge in [-0.2, -0.15) is 0 Å². The molecule has 1 heterocycles. The second-order valence-electron chi connectivity index (χ2n) is 4.21. The van der Waals surface area contributed by atoms with Crippen molar-refractivity contribution in [2.45, 2.75) is 17.4 Å². The molecule has 1 aromatic carbocycles. The van der Waals surface area contributed by atoms with Crippen LogP contribution in [0.15, 0.2) is 29.7 Å². The molecule has 2 rings (SSSR count). The standard InChI is InChI=1S/C12H15FN2O3S/c1-2-3-15-19(16,17)10-5-8-4-9(7-14)18-12(8)11(13)6-10/h2,5-6,9,15H,1,3-4,7,14H2. The fraction of sp³-hybridized carbons (Fsp3) is 0.333. The summed E-state index contributed by atoms with van der Waals surface area (Å²) in [7, 11) is -3.74. The Morgan fingerprint density at radius 2 is 2.32 bits per heavy atom. The summed E-state index contributed by atoms with van der Waals surface area (Å²) in [5.74, 6) is -0.592. The van der Waals surface area contributed by atoms with Crippen LogP contribution < -0.4 is 15.2 Å². The summed E-state index contributed by atoms with van der Waals surface area (Å²) in [6.07, 6.45) is 1.52. The van der Waals surface area contributed by atoms with Gasteiger partial charge in [-0.05, 0) is 12.1 Å². The molecule has 1 unspecified atom stereocenters. The van der Waals surface area contributed by atoms with E-state index in [1.165, 1.54) is 12.1 Å². The molecule has 5 nitrogen and oxygen atoms in total. The Hall–Kier alpha value is -1.44. The van der Waals surface area contributed by atoms with E-state index in [1.807, 2.05) is 0 Å². The van der Waals surface area contributed by atoms with Gasteiger partial charge in [-0.15, -0.1) is 6.58 Å². The first-order chi connectivity index (χ1) is 8.97. The van der Waals surface area contributed by atoms with Crippen molar-refractivity contribution in [2.24, 2.45) is 5.73 Å². The van der Waals surface area contributed by atoms with Crippen molar-refractivity contribution in [3.63, 3.8) is 0 Å².